The minimum absolute atomic E-state index is 0.151. The highest BCUT2D eigenvalue weighted by Gasteiger charge is 2.20. The molecule has 0 saturated carbocycles. The summed E-state index contributed by atoms with van der Waals surface area (Å²) in [6.07, 6.45) is 4.96. The molecule has 0 aromatic heterocycles. The van der Waals surface area contributed by atoms with Gasteiger partial charge in [0.25, 0.3) is 0 Å². The fourth-order valence-corrected chi connectivity index (χ4v) is 2.72. The molecule has 0 amide bonds. The summed E-state index contributed by atoms with van der Waals surface area (Å²) in [5.41, 5.74) is 1.19. The lowest BCUT2D eigenvalue weighted by Crippen LogP contribution is -2.38. The molecule has 1 atom stereocenters. The highest BCUT2D eigenvalue weighted by molar-refractivity contribution is 5.34. The Morgan fingerprint density at radius 3 is 3.00 bits per heavy atom. The molecule has 18 heavy (non-hydrogen) atoms. The van der Waals surface area contributed by atoms with Crippen LogP contribution in [0.15, 0.2) is 18.2 Å². The van der Waals surface area contributed by atoms with E-state index in [4.69, 9.17) is 5.26 Å². The summed E-state index contributed by atoms with van der Waals surface area (Å²) < 4.78 is 13.3. The van der Waals surface area contributed by atoms with Crippen LogP contribution in [0.4, 0.5) is 4.39 Å². The number of hydrogen-bond donors (Lipinski definition) is 0. The first-order chi connectivity index (χ1) is 8.74. The second-order valence-corrected chi connectivity index (χ2v) is 4.95. The maximum atomic E-state index is 13.3. The van der Waals surface area contributed by atoms with Crippen molar-refractivity contribution in [3.05, 3.63) is 35.1 Å². The van der Waals surface area contributed by atoms with Gasteiger partial charge in [-0.3, -0.25) is 4.90 Å². The average Bonchev–Trinajstić information content (AvgIpc) is 2.41. The highest BCUT2D eigenvalue weighted by Crippen LogP contribution is 2.22. The van der Waals surface area contributed by atoms with E-state index in [2.05, 4.69) is 11.8 Å². The third-order valence-corrected chi connectivity index (χ3v) is 3.76. The average molecular weight is 246 g/mol. The summed E-state index contributed by atoms with van der Waals surface area (Å²) in [6.45, 7) is 4.15. The third-order valence-electron chi connectivity index (χ3n) is 3.76. The van der Waals surface area contributed by atoms with Gasteiger partial charge in [0.05, 0.1) is 5.56 Å². The lowest BCUT2D eigenvalue weighted by molar-refractivity contribution is 0.136. The molecule has 0 N–H and O–H groups in total. The molecule has 96 valence electrons. The van der Waals surface area contributed by atoms with Gasteiger partial charge >= 0.3 is 0 Å². The van der Waals surface area contributed by atoms with E-state index >= 15 is 0 Å². The van der Waals surface area contributed by atoms with Gasteiger partial charge in [-0.1, -0.05) is 19.4 Å². The molecule has 1 unspecified atom stereocenters. The largest absolute Gasteiger partial charge is 0.296 e. The van der Waals surface area contributed by atoms with Crippen LogP contribution in [0.2, 0.25) is 0 Å². The quantitative estimate of drug-likeness (QED) is 0.816. The molecule has 0 radical (unpaired) electrons. The molecule has 1 fully saturated rings. The van der Waals surface area contributed by atoms with Crippen LogP contribution in [-0.4, -0.2) is 17.5 Å². The Balaban J connectivity index is 2.11. The number of rotatable bonds is 3. The van der Waals surface area contributed by atoms with Crippen molar-refractivity contribution in [3.63, 3.8) is 0 Å². The van der Waals surface area contributed by atoms with Crippen molar-refractivity contribution in [1.82, 2.24) is 4.90 Å². The lowest BCUT2D eigenvalue weighted by atomic mass is 9.99. The number of halogens is 1. The number of piperidine rings is 1. The third kappa shape index (κ3) is 2.88. The molecule has 2 rings (SSSR count). The fraction of sp³-hybridized carbons (Fsp3) is 0.533. The molecule has 0 spiro atoms. The molecule has 1 aromatic rings. The fourth-order valence-electron chi connectivity index (χ4n) is 2.72. The summed E-state index contributed by atoms with van der Waals surface area (Å²) in [4.78, 5) is 2.46. The molecule has 0 aliphatic carbocycles. The summed E-state index contributed by atoms with van der Waals surface area (Å²) in [6, 6.07) is 7.41. The lowest BCUT2D eigenvalue weighted by Gasteiger charge is -2.35. The van der Waals surface area contributed by atoms with Gasteiger partial charge in [-0.2, -0.15) is 5.26 Å². The van der Waals surface area contributed by atoms with Crippen LogP contribution in [0.25, 0.3) is 0 Å². The van der Waals surface area contributed by atoms with Crippen LogP contribution in [0, 0.1) is 17.1 Å². The van der Waals surface area contributed by atoms with Crippen molar-refractivity contribution >= 4 is 0 Å². The minimum Gasteiger partial charge on any atom is -0.296 e. The molecule has 1 saturated heterocycles. The maximum Gasteiger partial charge on any atom is 0.140 e. The van der Waals surface area contributed by atoms with E-state index in [0.29, 0.717) is 6.04 Å². The monoisotopic (exact) mass is 246 g/mol. The highest BCUT2D eigenvalue weighted by atomic mass is 19.1. The molecular weight excluding hydrogens is 227 g/mol. The van der Waals surface area contributed by atoms with Gasteiger partial charge in [0.15, 0.2) is 0 Å². The van der Waals surface area contributed by atoms with Gasteiger partial charge in [0.2, 0.25) is 0 Å². The van der Waals surface area contributed by atoms with Crippen molar-refractivity contribution in [3.8, 4) is 6.07 Å². The van der Waals surface area contributed by atoms with E-state index in [0.717, 1.165) is 25.1 Å². The Bertz CT molecular complexity index is 450. The van der Waals surface area contributed by atoms with Crippen molar-refractivity contribution in [2.24, 2.45) is 0 Å². The number of benzene rings is 1. The Labute approximate surface area is 108 Å². The van der Waals surface area contributed by atoms with E-state index in [1.165, 1.54) is 25.3 Å². The van der Waals surface area contributed by atoms with Crippen LogP contribution in [0.3, 0.4) is 0 Å². The zero-order chi connectivity index (χ0) is 13.0. The first kappa shape index (κ1) is 13.0. The Kier molecular flexibility index (Phi) is 4.33. The first-order valence-corrected chi connectivity index (χ1v) is 6.67. The van der Waals surface area contributed by atoms with Gasteiger partial charge in [0, 0.05) is 12.6 Å². The maximum absolute atomic E-state index is 13.3. The van der Waals surface area contributed by atoms with Gasteiger partial charge in [-0.25, -0.2) is 4.39 Å². The number of likely N-dealkylation sites (tertiary alicyclic amines) is 1. The molecule has 0 bridgehead atoms. The molecule has 1 heterocycles. The Hall–Kier alpha value is -1.40. The summed E-state index contributed by atoms with van der Waals surface area (Å²) in [5, 5.41) is 8.84. The molecule has 2 nitrogen and oxygen atoms in total. The normalized spacial score (nSPS) is 20.6. The number of hydrogen-bond acceptors (Lipinski definition) is 2. The topological polar surface area (TPSA) is 27.0 Å². The molecule has 1 aliphatic rings. The van der Waals surface area contributed by atoms with Gasteiger partial charge in [-0.15, -0.1) is 0 Å². The molecular formula is C15H19FN2. The Morgan fingerprint density at radius 1 is 1.44 bits per heavy atom. The van der Waals surface area contributed by atoms with E-state index in [1.54, 1.807) is 12.1 Å². The molecule has 3 heteroatoms. The van der Waals surface area contributed by atoms with Gasteiger partial charge in [-0.05, 0) is 43.5 Å². The van der Waals surface area contributed by atoms with Crippen molar-refractivity contribution in [2.45, 2.75) is 45.2 Å². The first-order valence-electron chi connectivity index (χ1n) is 6.67. The smallest absolute Gasteiger partial charge is 0.140 e. The van der Waals surface area contributed by atoms with Crippen molar-refractivity contribution in [1.29, 1.82) is 5.26 Å². The van der Waals surface area contributed by atoms with Gasteiger partial charge in [0.1, 0.15) is 11.9 Å². The van der Waals surface area contributed by atoms with Crippen molar-refractivity contribution < 1.29 is 4.39 Å². The number of nitriles is 1. The predicted octanol–water partition coefficient (Wildman–Crippen LogP) is 3.46. The van der Waals surface area contributed by atoms with Gasteiger partial charge < -0.3 is 0 Å². The standard InChI is InChI=1S/C15H19FN2/c1-2-14-5-3-4-8-18(14)11-12-6-7-15(16)13(9-12)10-17/h6-7,9,14H,2-5,8,11H2,1H3. The van der Waals surface area contributed by atoms with Crippen LogP contribution in [0.1, 0.15) is 43.7 Å². The zero-order valence-corrected chi connectivity index (χ0v) is 10.8. The van der Waals surface area contributed by atoms with E-state index in [1.807, 2.05) is 6.07 Å². The van der Waals surface area contributed by atoms with E-state index in [-0.39, 0.29) is 5.56 Å². The molecule has 1 aliphatic heterocycles. The summed E-state index contributed by atoms with van der Waals surface area (Å²) >= 11 is 0. The second-order valence-electron chi connectivity index (χ2n) is 4.95. The summed E-state index contributed by atoms with van der Waals surface area (Å²) in [5.74, 6) is -0.424. The molecule has 1 aromatic carbocycles. The van der Waals surface area contributed by atoms with Crippen LogP contribution in [0.5, 0.6) is 0 Å². The van der Waals surface area contributed by atoms with Crippen LogP contribution < -0.4 is 0 Å². The van der Waals surface area contributed by atoms with E-state index < -0.39 is 5.82 Å². The number of nitrogens with zero attached hydrogens (tertiary/aromatic N) is 2. The predicted molar refractivity (Wildman–Crippen MR) is 69.5 cm³/mol. The summed E-state index contributed by atoms with van der Waals surface area (Å²) in [7, 11) is 0. The SMILES string of the molecule is CCC1CCCCN1Cc1ccc(F)c(C#N)c1. The minimum atomic E-state index is -0.424. The van der Waals surface area contributed by atoms with Crippen LogP contribution in [-0.2, 0) is 6.54 Å². The second kappa shape index (κ2) is 5.97. The van der Waals surface area contributed by atoms with E-state index in [9.17, 15) is 4.39 Å². The zero-order valence-electron chi connectivity index (χ0n) is 10.8. The van der Waals surface area contributed by atoms with Crippen molar-refractivity contribution in [2.75, 3.05) is 6.54 Å². The Morgan fingerprint density at radius 2 is 2.28 bits per heavy atom. The van der Waals surface area contributed by atoms with Crippen LogP contribution >= 0.6 is 0 Å².